The number of hydrogen-bond donors (Lipinski definition) is 2. The highest BCUT2D eigenvalue weighted by molar-refractivity contribution is 8.00. The molecule has 1 aromatic carbocycles. The minimum absolute atomic E-state index is 0.255. The van der Waals surface area contributed by atoms with Gasteiger partial charge in [-0.3, -0.25) is 0 Å². The molecule has 0 bridgehead atoms. The molecule has 0 aliphatic carbocycles. The monoisotopic (exact) mass is 295 g/mol. The van der Waals surface area contributed by atoms with Gasteiger partial charge in [0.2, 0.25) is 0 Å². The largest absolute Gasteiger partial charge is 0.492 e. The van der Waals surface area contributed by atoms with Crippen molar-refractivity contribution in [1.29, 1.82) is 0 Å². The molecule has 0 radical (unpaired) electrons. The SMILES string of the molecule is CC1(CNCCOc2cccc(C(=O)O)c2)CCCS1. The zero-order valence-electron chi connectivity index (χ0n) is 11.7. The van der Waals surface area contributed by atoms with E-state index in [1.807, 2.05) is 11.8 Å². The molecule has 1 fully saturated rings. The van der Waals surface area contributed by atoms with Gasteiger partial charge in [0.05, 0.1) is 5.56 Å². The predicted octanol–water partition coefficient (Wildman–Crippen LogP) is 2.64. The Morgan fingerprint density at radius 3 is 3.10 bits per heavy atom. The van der Waals surface area contributed by atoms with E-state index in [0.29, 0.717) is 17.1 Å². The van der Waals surface area contributed by atoms with Crippen LogP contribution in [-0.4, -0.2) is 41.3 Å². The number of thioether (sulfide) groups is 1. The normalized spacial score (nSPS) is 21.9. The molecule has 1 atom stereocenters. The molecule has 0 amide bonds. The van der Waals surface area contributed by atoms with Gasteiger partial charge in [0.15, 0.2) is 0 Å². The van der Waals surface area contributed by atoms with Crippen LogP contribution in [0.1, 0.15) is 30.1 Å². The number of aromatic carboxylic acids is 1. The van der Waals surface area contributed by atoms with Crippen molar-refractivity contribution < 1.29 is 14.6 Å². The Hall–Kier alpha value is -1.20. The number of benzene rings is 1. The van der Waals surface area contributed by atoms with Crippen molar-refractivity contribution in [2.75, 3.05) is 25.4 Å². The Morgan fingerprint density at radius 2 is 2.40 bits per heavy atom. The smallest absolute Gasteiger partial charge is 0.335 e. The van der Waals surface area contributed by atoms with Gasteiger partial charge < -0.3 is 15.2 Å². The van der Waals surface area contributed by atoms with E-state index in [9.17, 15) is 4.79 Å². The van der Waals surface area contributed by atoms with Gasteiger partial charge >= 0.3 is 5.97 Å². The summed E-state index contributed by atoms with van der Waals surface area (Å²) in [6, 6.07) is 6.59. The van der Waals surface area contributed by atoms with Crippen LogP contribution in [0.15, 0.2) is 24.3 Å². The van der Waals surface area contributed by atoms with Crippen LogP contribution in [0.25, 0.3) is 0 Å². The first kappa shape index (κ1) is 15.2. The summed E-state index contributed by atoms with van der Waals surface area (Å²) in [5, 5.41) is 12.3. The van der Waals surface area contributed by atoms with Gasteiger partial charge in [-0.2, -0.15) is 11.8 Å². The maximum absolute atomic E-state index is 10.8. The average molecular weight is 295 g/mol. The summed E-state index contributed by atoms with van der Waals surface area (Å²) in [6.07, 6.45) is 2.58. The molecule has 1 aliphatic heterocycles. The van der Waals surface area contributed by atoms with Gasteiger partial charge in [-0.1, -0.05) is 6.07 Å². The highest BCUT2D eigenvalue weighted by Gasteiger charge is 2.28. The summed E-state index contributed by atoms with van der Waals surface area (Å²) in [5.74, 6) is 0.935. The van der Waals surface area contributed by atoms with Crippen molar-refractivity contribution in [2.45, 2.75) is 24.5 Å². The molecule has 1 aromatic rings. The van der Waals surface area contributed by atoms with Crippen LogP contribution in [0.2, 0.25) is 0 Å². The molecule has 1 saturated heterocycles. The Morgan fingerprint density at radius 1 is 1.55 bits per heavy atom. The Kier molecular flexibility index (Phi) is 5.31. The van der Waals surface area contributed by atoms with Crippen molar-refractivity contribution >= 4 is 17.7 Å². The van der Waals surface area contributed by atoms with Gasteiger partial charge in [-0.05, 0) is 43.7 Å². The van der Waals surface area contributed by atoms with Gasteiger partial charge in [0.25, 0.3) is 0 Å². The molecule has 110 valence electrons. The molecule has 1 heterocycles. The van der Waals surface area contributed by atoms with Crippen LogP contribution in [0.5, 0.6) is 5.75 Å². The number of ether oxygens (including phenoxy) is 1. The van der Waals surface area contributed by atoms with E-state index >= 15 is 0 Å². The minimum Gasteiger partial charge on any atom is -0.492 e. The van der Waals surface area contributed by atoms with E-state index in [0.717, 1.165) is 13.1 Å². The molecule has 5 heteroatoms. The first-order chi connectivity index (χ1) is 9.59. The Balaban J connectivity index is 1.68. The van der Waals surface area contributed by atoms with Gasteiger partial charge in [-0.15, -0.1) is 0 Å². The lowest BCUT2D eigenvalue weighted by molar-refractivity contribution is 0.0696. The van der Waals surface area contributed by atoms with E-state index in [-0.39, 0.29) is 5.56 Å². The standard InChI is InChI=1S/C15H21NO3S/c1-15(6-3-9-20-15)11-16-7-8-19-13-5-2-4-12(10-13)14(17)18/h2,4-5,10,16H,3,6-9,11H2,1H3,(H,17,18). The second-order valence-corrected chi connectivity index (χ2v) is 6.94. The lowest BCUT2D eigenvalue weighted by Crippen LogP contribution is -2.35. The van der Waals surface area contributed by atoms with E-state index in [2.05, 4.69) is 12.2 Å². The number of nitrogens with one attached hydrogen (secondary N) is 1. The van der Waals surface area contributed by atoms with Crippen molar-refractivity contribution in [1.82, 2.24) is 5.32 Å². The maximum Gasteiger partial charge on any atom is 0.335 e. The quantitative estimate of drug-likeness (QED) is 0.757. The molecule has 1 unspecified atom stereocenters. The van der Waals surface area contributed by atoms with Crippen LogP contribution < -0.4 is 10.1 Å². The first-order valence-electron chi connectivity index (χ1n) is 6.90. The zero-order valence-corrected chi connectivity index (χ0v) is 12.5. The van der Waals surface area contributed by atoms with E-state index < -0.39 is 5.97 Å². The van der Waals surface area contributed by atoms with Gasteiger partial charge in [0, 0.05) is 17.8 Å². The molecular weight excluding hydrogens is 274 g/mol. The molecule has 2 rings (SSSR count). The highest BCUT2D eigenvalue weighted by atomic mass is 32.2. The minimum atomic E-state index is -0.931. The summed E-state index contributed by atoms with van der Waals surface area (Å²) in [6.45, 7) is 4.61. The third-order valence-corrected chi connectivity index (χ3v) is 4.97. The van der Waals surface area contributed by atoms with E-state index in [4.69, 9.17) is 9.84 Å². The fourth-order valence-corrected chi connectivity index (χ4v) is 3.56. The maximum atomic E-state index is 10.8. The molecule has 2 N–H and O–H groups in total. The van der Waals surface area contributed by atoms with E-state index in [1.54, 1.807) is 24.3 Å². The summed E-state index contributed by atoms with van der Waals surface area (Å²) in [7, 11) is 0. The van der Waals surface area contributed by atoms with Crippen LogP contribution in [-0.2, 0) is 0 Å². The van der Waals surface area contributed by atoms with Crippen LogP contribution in [0.4, 0.5) is 0 Å². The number of carboxylic acids is 1. The van der Waals surface area contributed by atoms with E-state index in [1.165, 1.54) is 18.6 Å². The van der Waals surface area contributed by atoms with Gasteiger partial charge in [-0.25, -0.2) is 4.79 Å². The Bertz CT molecular complexity index is 458. The third kappa shape index (κ3) is 4.42. The van der Waals surface area contributed by atoms with Crippen molar-refractivity contribution in [2.24, 2.45) is 0 Å². The Labute approximate surface area is 123 Å². The molecule has 0 aromatic heterocycles. The molecular formula is C15H21NO3S. The fourth-order valence-electron chi connectivity index (χ4n) is 2.29. The third-order valence-electron chi connectivity index (χ3n) is 3.43. The molecule has 20 heavy (non-hydrogen) atoms. The number of carboxylic acid groups (broad SMARTS) is 1. The van der Waals surface area contributed by atoms with Gasteiger partial charge in [0.1, 0.15) is 12.4 Å². The summed E-state index contributed by atoms with van der Waals surface area (Å²) < 4.78 is 5.93. The molecule has 0 spiro atoms. The number of carbonyl (C=O) groups is 1. The lowest BCUT2D eigenvalue weighted by atomic mass is 10.1. The second-order valence-electron chi connectivity index (χ2n) is 5.26. The van der Waals surface area contributed by atoms with Crippen LogP contribution >= 0.6 is 11.8 Å². The topological polar surface area (TPSA) is 58.6 Å². The first-order valence-corrected chi connectivity index (χ1v) is 7.88. The highest BCUT2D eigenvalue weighted by Crippen LogP contribution is 2.36. The molecule has 1 aliphatic rings. The summed E-state index contributed by atoms with van der Waals surface area (Å²) >= 11 is 2.04. The van der Waals surface area contributed by atoms with Crippen LogP contribution in [0, 0.1) is 0 Å². The van der Waals surface area contributed by atoms with Crippen molar-refractivity contribution in [3.05, 3.63) is 29.8 Å². The second kappa shape index (κ2) is 6.99. The fraction of sp³-hybridized carbons (Fsp3) is 0.533. The van der Waals surface area contributed by atoms with Crippen molar-refractivity contribution in [3.63, 3.8) is 0 Å². The molecule has 4 nitrogen and oxygen atoms in total. The number of rotatable bonds is 7. The lowest BCUT2D eigenvalue weighted by Gasteiger charge is -2.22. The average Bonchev–Trinajstić information content (AvgIpc) is 2.86. The zero-order chi connectivity index (χ0) is 14.4. The summed E-state index contributed by atoms with van der Waals surface area (Å²) in [4.78, 5) is 10.8. The number of hydrogen-bond acceptors (Lipinski definition) is 4. The summed E-state index contributed by atoms with van der Waals surface area (Å²) in [5.41, 5.74) is 0.255. The predicted molar refractivity (Wildman–Crippen MR) is 81.9 cm³/mol. The van der Waals surface area contributed by atoms with Crippen molar-refractivity contribution in [3.8, 4) is 5.75 Å². The molecule has 0 saturated carbocycles. The van der Waals surface area contributed by atoms with Crippen LogP contribution in [0.3, 0.4) is 0 Å².